The summed E-state index contributed by atoms with van der Waals surface area (Å²) in [5, 5.41) is 35.6. The number of β-lactam (4-membered cyclic amide) rings is 1. The minimum Gasteiger partial charge on any atom is -0.543 e. The largest absolute Gasteiger partial charge is 0.543 e. The number of nitrogens with zero attached hydrogens (tertiary/aromatic N) is 5. The van der Waals surface area contributed by atoms with E-state index in [2.05, 4.69) is 15.5 Å². The number of aromatic nitrogens is 3. The first kappa shape index (κ1) is 36.3. The van der Waals surface area contributed by atoms with Gasteiger partial charge in [-0.3, -0.25) is 19.9 Å². The number of thioether (sulfide) groups is 1. The Morgan fingerprint density at radius 3 is 2.69 bits per heavy atom. The quantitative estimate of drug-likeness (QED) is 0.0443. The number of oxime groups is 1. The molecule has 3 aromatic heterocycles. The SMILES string of the molecule is CC(C)(O/N=C(\C(=O)N[C@@H]1C(=O)N2C(C(=O)[O-])=C(C[n+]3ccc4ccn(Cc5ccc(C(=N)N)cc5F)c4c3)CS[C@H]12)c1nc(N)sc1Cl)C(=O)O. The van der Waals surface area contributed by atoms with Crippen LogP contribution in [0.1, 0.15) is 30.7 Å². The van der Waals surface area contributed by atoms with Crippen LogP contribution in [0.4, 0.5) is 9.52 Å². The van der Waals surface area contributed by atoms with Crippen molar-refractivity contribution < 1.29 is 43.2 Å². The van der Waals surface area contributed by atoms with E-state index in [9.17, 15) is 33.8 Å². The van der Waals surface area contributed by atoms with E-state index in [-0.39, 0.29) is 51.1 Å². The molecule has 0 bridgehead atoms. The molecule has 2 amide bonds. The average molecular weight is 770 g/mol. The van der Waals surface area contributed by atoms with Crippen molar-refractivity contribution in [1.82, 2.24) is 19.8 Å². The molecule has 0 saturated carbocycles. The van der Waals surface area contributed by atoms with Crippen molar-refractivity contribution in [2.45, 2.75) is 44.0 Å². The Hall–Kier alpha value is -5.53. The molecule has 2 aliphatic heterocycles. The lowest BCUT2D eigenvalue weighted by molar-refractivity contribution is -0.687. The third-order valence-corrected chi connectivity index (χ3v) is 10.7. The van der Waals surface area contributed by atoms with Gasteiger partial charge in [-0.1, -0.05) is 40.2 Å². The van der Waals surface area contributed by atoms with E-state index in [1.54, 1.807) is 35.3 Å². The van der Waals surface area contributed by atoms with Gasteiger partial charge in [0.2, 0.25) is 5.60 Å². The lowest BCUT2D eigenvalue weighted by atomic mass is 10.0. The molecule has 1 aromatic carbocycles. The van der Waals surface area contributed by atoms with Crippen LogP contribution >= 0.6 is 34.7 Å². The number of pyridine rings is 1. The highest BCUT2D eigenvalue weighted by atomic mass is 35.5. The van der Waals surface area contributed by atoms with Crippen molar-refractivity contribution >= 4 is 86.0 Å². The van der Waals surface area contributed by atoms with Crippen molar-refractivity contribution in [3.63, 3.8) is 0 Å². The standard InChI is InChI=1S/C32H29ClFN9O7S2/c1-32(2,30(48)49)50-40-21(20-24(33)52-31(37)39-20)26(44)38-22-27(45)43-23(29(46)47)17(13-51-28(22)43)10-41-7-5-14-6-8-42(19(14)12-41)11-16-4-3-15(25(35)36)9-18(16)34/h3-9,12,22,28H,10-11,13H2,1-2H3,(H7-,35,36,37,38,39,44,46,47,48,49)/b40-21-/t22-,28-/m1/s1. The normalized spacial score (nSPS) is 17.5. The number of carbonyl (C=O) groups excluding carboxylic acids is 3. The minimum atomic E-state index is -1.85. The second-order valence-electron chi connectivity index (χ2n) is 12.2. The minimum absolute atomic E-state index is 0.0115. The molecule has 2 atom stereocenters. The number of hydrogen-bond donors (Lipinski definition) is 5. The van der Waals surface area contributed by atoms with Gasteiger partial charge in [0, 0.05) is 40.1 Å². The molecule has 7 N–H and O–H groups in total. The van der Waals surface area contributed by atoms with Gasteiger partial charge in [0.1, 0.15) is 38.6 Å². The number of nitrogens with one attached hydrogen (secondary N) is 2. The molecule has 52 heavy (non-hydrogen) atoms. The Bertz CT molecular complexity index is 2250. The van der Waals surface area contributed by atoms with Crippen LogP contribution in [-0.4, -0.2) is 77.6 Å². The number of rotatable bonds is 12. The Morgan fingerprint density at radius 1 is 1.31 bits per heavy atom. The van der Waals surface area contributed by atoms with Gasteiger partial charge in [0.25, 0.3) is 11.8 Å². The number of benzene rings is 1. The third kappa shape index (κ3) is 6.89. The number of nitrogen functional groups attached to an aromatic ring is 2. The number of fused-ring (bicyclic) bond motifs is 2. The van der Waals surface area contributed by atoms with Crippen LogP contribution < -0.4 is 26.5 Å². The van der Waals surface area contributed by atoms with Crippen LogP contribution in [0.15, 0.2) is 65.3 Å². The summed E-state index contributed by atoms with van der Waals surface area (Å²) >= 11 is 8.25. The Balaban J connectivity index is 1.22. The predicted octanol–water partition coefficient (Wildman–Crippen LogP) is 0.780. The number of thiazole rings is 1. The third-order valence-electron chi connectivity index (χ3n) is 8.30. The van der Waals surface area contributed by atoms with Crippen LogP contribution in [0.3, 0.4) is 0 Å². The zero-order valence-electron chi connectivity index (χ0n) is 27.3. The number of carboxylic acids is 2. The number of aliphatic carboxylic acids is 2. The van der Waals surface area contributed by atoms with Gasteiger partial charge in [0.05, 0.1) is 18.2 Å². The maximum absolute atomic E-state index is 14.8. The van der Waals surface area contributed by atoms with Gasteiger partial charge >= 0.3 is 5.97 Å². The monoisotopic (exact) mass is 769 g/mol. The fourth-order valence-corrected chi connectivity index (χ4v) is 7.77. The lowest BCUT2D eigenvalue weighted by Gasteiger charge is -2.50. The molecule has 1 fully saturated rings. The molecular formula is C32H29ClFN9O7S2. The fourth-order valence-electron chi connectivity index (χ4n) is 5.51. The maximum atomic E-state index is 14.8. The van der Waals surface area contributed by atoms with E-state index in [0.717, 1.165) is 27.1 Å². The first-order chi connectivity index (χ1) is 24.5. The van der Waals surface area contributed by atoms with Crippen LogP contribution in [0, 0.1) is 11.2 Å². The number of halogens is 2. The molecule has 0 spiro atoms. The van der Waals surface area contributed by atoms with Gasteiger partial charge in [0.15, 0.2) is 29.8 Å². The van der Waals surface area contributed by atoms with E-state index in [4.69, 9.17) is 33.3 Å². The van der Waals surface area contributed by atoms with E-state index in [0.29, 0.717) is 11.1 Å². The van der Waals surface area contributed by atoms with E-state index >= 15 is 0 Å². The van der Waals surface area contributed by atoms with E-state index < -0.39 is 52.3 Å². The molecule has 20 heteroatoms. The average Bonchev–Trinajstić information content (AvgIpc) is 3.64. The van der Waals surface area contributed by atoms with Crippen molar-refractivity contribution in [2.75, 3.05) is 11.5 Å². The molecule has 16 nitrogen and oxygen atoms in total. The number of carbonyl (C=O) groups is 4. The van der Waals surface area contributed by atoms with E-state index in [1.807, 2.05) is 16.7 Å². The molecule has 2 aliphatic rings. The summed E-state index contributed by atoms with van der Waals surface area (Å²) in [5.41, 5.74) is 10.0. The number of nitrogens with two attached hydrogens (primary N) is 2. The van der Waals surface area contributed by atoms with Crippen LogP contribution in [0.25, 0.3) is 10.9 Å². The number of amidine groups is 1. The van der Waals surface area contributed by atoms with Gasteiger partial charge in [-0.05, 0) is 26.0 Å². The zero-order chi connectivity index (χ0) is 37.6. The van der Waals surface area contributed by atoms with Crippen molar-refractivity contribution in [2.24, 2.45) is 10.9 Å². The number of hydrogen-bond acceptors (Lipinski definition) is 12. The smallest absolute Gasteiger partial charge is 0.350 e. The first-order valence-electron chi connectivity index (χ1n) is 15.3. The van der Waals surface area contributed by atoms with Gasteiger partial charge in [-0.2, -0.15) is 4.57 Å². The lowest BCUT2D eigenvalue weighted by Crippen LogP contribution is -2.71. The Labute approximate surface area is 307 Å². The molecule has 1 saturated heterocycles. The van der Waals surface area contributed by atoms with Gasteiger partial charge in [-0.15, -0.1) is 11.8 Å². The molecule has 0 aliphatic carbocycles. The highest BCUT2D eigenvalue weighted by Gasteiger charge is 2.53. The summed E-state index contributed by atoms with van der Waals surface area (Å²) in [7, 11) is 0. The zero-order valence-corrected chi connectivity index (χ0v) is 29.6. The molecular weight excluding hydrogens is 741 g/mol. The maximum Gasteiger partial charge on any atom is 0.350 e. The molecule has 5 heterocycles. The summed E-state index contributed by atoms with van der Waals surface area (Å²) in [6.07, 6.45) is 5.32. The van der Waals surface area contributed by atoms with Gasteiger partial charge < -0.3 is 41.2 Å². The fraction of sp³-hybridized carbons (Fsp3) is 0.250. The van der Waals surface area contributed by atoms with Crippen LogP contribution in [-0.2, 0) is 37.1 Å². The molecule has 270 valence electrons. The van der Waals surface area contributed by atoms with Crippen molar-refractivity contribution in [3.05, 3.63) is 87.2 Å². The summed E-state index contributed by atoms with van der Waals surface area (Å²) in [6.45, 7) is 2.66. The predicted molar refractivity (Wildman–Crippen MR) is 187 cm³/mol. The number of carboxylic acid groups (broad SMARTS) is 2. The summed E-state index contributed by atoms with van der Waals surface area (Å²) in [4.78, 5) is 61.1. The van der Waals surface area contributed by atoms with Crippen molar-refractivity contribution in [3.8, 4) is 0 Å². The van der Waals surface area contributed by atoms with Crippen molar-refractivity contribution in [1.29, 1.82) is 5.41 Å². The molecule has 0 radical (unpaired) electrons. The first-order valence-corrected chi connectivity index (χ1v) is 17.5. The second kappa shape index (κ2) is 13.9. The molecule has 4 aromatic rings. The van der Waals surface area contributed by atoms with E-state index in [1.165, 1.54) is 31.7 Å². The summed E-state index contributed by atoms with van der Waals surface area (Å²) in [6, 6.07) is 6.81. The molecule has 6 rings (SSSR count). The van der Waals surface area contributed by atoms with Crippen LogP contribution in [0.2, 0.25) is 4.34 Å². The Morgan fingerprint density at radius 2 is 2.06 bits per heavy atom. The molecule has 0 unspecified atom stereocenters. The summed E-state index contributed by atoms with van der Waals surface area (Å²) in [5.74, 6) is -5.27. The topological polar surface area (TPSA) is 246 Å². The highest BCUT2D eigenvalue weighted by molar-refractivity contribution is 8.00. The van der Waals surface area contributed by atoms with Gasteiger partial charge in [-0.25, -0.2) is 14.2 Å². The Kier molecular flexibility index (Phi) is 9.69. The van der Waals surface area contributed by atoms with Crippen LogP contribution in [0.5, 0.6) is 0 Å². The number of anilines is 1. The highest BCUT2D eigenvalue weighted by Crippen LogP contribution is 2.40. The number of amides is 2. The second-order valence-corrected chi connectivity index (χ2v) is 15.0. The summed E-state index contributed by atoms with van der Waals surface area (Å²) < 4.78 is 18.3.